The minimum Gasteiger partial charge on any atom is -0.468 e. The van der Waals surface area contributed by atoms with Crippen molar-refractivity contribution in [1.82, 2.24) is 10.2 Å². The van der Waals surface area contributed by atoms with Crippen LogP contribution in [0.5, 0.6) is 0 Å². The second kappa shape index (κ2) is 9.06. The molecule has 1 aliphatic heterocycles. The maximum absolute atomic E-state index is 13.6. The van der Waals surface area contributed by atoms with E-state index in [0.717, 1.165) is 18.8 Å². The van der Waals surface area contributed by atoms with Gasteiger partial charge < -0.3 is 9.73 Å². The number of piperidine rings is 1. The van der Waals surface area contributed by atoms with Crippen molar-refractivity contribution in [1.29, 1.82) is 0 Å². The molecule has 1 aromatic heterocycles. The molecule has 1 aliphatic rings. The zero-order valence-corrected chi connectivity index (χ0v) is 14.9. The molecular weight excluding hydrogens is 339 g/mol. The highest BCUT2D eigenvalue weighted by molar-refractivity contribution is 8.00. The van der Waals surface area contributed by atoms with Crippen molar-refractivity contribution in [2.24, 2.45) is 0 Å². The van der Waals surface area contributed by atoms with Gasteiger partial charge in [0.1, 0.15) is 11.6 Å². The second-order valence-corrected chi connectivity index (χ2v) is 7.17. The van der Waals surface area contributed by atoms with Crippen molar-refractivity contribution < 1.29 is 13.6 Å². The third kappa shape index (κ3) is 5.09. The molecule has 1 saturated heterocycles. The van der Waals surface area contributed by atoms with Gasteiger partial charge in [0.2, 0.25) is 5.91 Å². The number of carbonyl (C=O) groups is 1. The molecule has 0 radical (unpaired) electrons. The standard InChI is InChI=1S/C19H23FN2O2S/c20-15-7-2-3-9-18(15)25-14-19(23)21-13-16(17-8-6-12-24-17)22-10-4-1-5-11-22/h2-3,6-9,12,16H,1,4-5,10-11,13-14H2,(H,21,23)/t16-/m1/s1. The number of benzene rings is 1. The molecule has 0 spiro atoms. The number of likely N-dealkylation sites (tertiary alicyclic amines) is 1. The summed E-state index contributed by atoms with van der Waals surface area (Å²) in [5.41, 5.74) is 0. The molecule has 0 saturated carbocycles. The normalized spacial score (nSPS) is 16.5. The minimum absolute atomic E-state index is 0.0534. The zero-order valence-electron chi connectivity index (χ0n) is 14.1. The van der Waals surface area contributed by atoms with Gasteiger partial charge in [0.15, 0.2) is 0 Å². The lowest BCUT2D eigenvalue weighted by Crippen LogP contribution is -2.40. The first-order valence-corrected chi connectivity index (χ1v) is 9.64. The Bertz CT molecular complexity index is 672. The Kier molecular flexibility index (Phi) is 6.53. The molecule has 1 amide bonds. The van der Waals surface area contributed by atoms with E-state index in [0.29, 0.717) is 11.4 Å². The molecule has 134 valence electrons. The lowest BCUT2D eigenvalue weighted by Gasteiger charge is -2.33. The molecular formula is C19H23FN2O2S. The second-order valence-electron chi connectivity index (χ2n) is 6.15. The summed E-state index contributed by atoms with van der Waals surface area (Å²) in [6.45, 7) is 2.54. The highest BCUT2D eigenvalue weighted by Crippen LogP contribution is 2.25. The fourth-order valence-corrected chi connectivity index (χ4v) is 3.86. The summed E-state index contributed by atoms with van der Waals surface area (Å²) in [7, 11) is 0. The molecule has 6 heteroatoms. The monoisotopic (exact) mass is 362 g/mol. The number of thioether (sulfide) groups is 1. The average molecular weight is 362 g/mol. The maximum Gasteiger partial charge on any atom is 0.230 e. The Morgan fingerprint density at radius 2 is 2.00 bits per heavy atom. The van der Waals surface area contributed by atoms with Crippen LogP contribution in [-0.2, 0) is 4.79 Å². The van der Waals surface area contributed by atoms with Crippen molar-refractivity contribution in [3.8, 4) is 0 Å². The Balaban J connectivity index is 1.53. The molecule has 0 aliphatic carbocycles. The molecule has 1 aromatic carbocycles. The maximum atomic E-state index is 13.6. The largest absolute Gasteiger partial charge is 0.468 e. The fraction of sp³-hybridized carbons (Fsp3) is 0.421. The number of carbonyl (C=O) groups excluding carboxylic acids is 1. The third-order valence-corrected chi connectivity index (χ3v) is 5.44. The van der Waals surface area contributed by atoms with E-state index in [9.17, 15) is 9.18 Å². The molecule has 1 N–H and O–H groups in total. The van der Waals surface area contributed by atoms with Crippen LogP contribution in [0, 0.1) is 5.82 Å². The van der Waals surface area contributed by atoms with Crippen molar-refractivity contribution in [3.63, 3.8) is 0 Å². The number of halogens is 1. The van der Waals surface area contributed by atoms with Gasteiger partial charge in [0.05, 0.1) is 18.1 Å². The zero-order chi connectivity index (χ0) is 17.5. The number of hydrogen-bond donors (Lipinski definition) is 1. The summed E-state index contributed by atoms with van der Waals surface area (Å²) < 4.78 is 19.2. The van der Waals surface area contributed by atoms with E-state index >= 15 is 0 Å². The van der Waals surface area contributed by atoms with Gasteiger partial charge in [-0.25, -0.2) is 4.39 Å². The summed E-state index contributed by atoms with van der Waals surface area (Å²) in [5, 5.41) is 2.97. The number of furan rings is 1. The van der Waals surface area contributed by atoms with Crippen molar-refractivity contribution in [2.45, 2.75) is 30.2 Å². The molecule has 1 fully saturated rings. The highest BCUT2D eigenvalue weighted by Gasteiger charge is 2.24. The van der Waals surface area contributed by atoms with Gasteiger partial charge in [-0.3, -0.25) is 9.69 Å². The predicted octanol–water partition coefficient (Wildman–Crippen LogP) is 3.85. The molecule has 2 heterocycles. The molecule has 25 heavy (non-hydrogen) atoms. The number of rotatable bonds is 7. The van der Waals surface area contributed by atoms with Gasteiger partial charge in [-0.2, -0.15) is 0 Å². The van der Waals surface area contributed by atoms with Gasteiger partial charge in [-0.05, 0) is 50.2 Å². The lowest BCUT2D eigenvalue weighted by molar-refractivity contribution is -0.118. The molecule has 2 aromatic rings. The molecule has 3 rings (SSSR count). The van der Waals surface area contributed by atoms with Crippen molar-refractivity contribution in [3.05, 3.63) is 54.2 Å². The third-order valence-electron chi connectivity index (χ3n) is 4.39. The van der Waals surface area contributed by atoms with E-state index in [1.807, 2.05) is 12.1 Å². The summed E-state index contributed by atoms with van der Waals surface area (Å²) in [6.07, 6.45) is 5.28. The van der Waals surface area contributed by atoms with Crippen LogP contribution in [0.4, 0.5) is 4.39 Å². The van der Waals surface area contributed by atoms with Crippen molar-refractivity contribution in [2.75, 3.05) is 25.4 Å². The molecule has 4 nitrogen and oxygen atoms in total. The predicted molar refractivity (Wildman–Crippen MR) is 97.0 cm³/mol. The van der Waals surface area contributed by atoms with Gasteiger partial charge in [-0.15, -0.1) is 11.8 Å². The van der Waals surface area contributed by atoms with E-state index in [2.05, 4.69) is 10.2 Å². The first-order chi connectivity index (χ1) is 12.2. The number of amides is 1. The van der Waals surface area contributed by atoms with E-state index in [-0.39, 0.29) is 23.5 Å². The van der Waals surface area contributed by atoms with Crippen LogP contribution in [0.1, 0.15) is 31.1 Å². The van der Waals surface area contributed by atoms with Crippen LogP contribution in [-0.4, -0.2) is 36.2 Å². The van der Waals surface area contributed by atoms with Crippen LogP contribution in [0.15, 0.2) is 52.0 Å². The topological polar surface area (TPSA) is 45.5 Å². The quantitative estimate of drug-likeness (QED) is 0.760. The molecule has 0 unspecified atom stereocenters. The fourth-order valence-electron chi connectivity index (χ4n) is 3.09. The van der Waals surface area contributed by atoms with E-state index in [4.69, 9.17) is 4.42 Å². The smallest absolute Gasteiger partial charge is 0.230 e. The summed E-state index contributed by atoms with van der Waals surface area (Å²) in [6, 6.07) is 10.4. The van der Waals surface area contributed by atoms with Crippen LogP contribution < -0.4 is 5.32 Å². The Hall–Kier alpha value is -1.79. The Morgan fingerprint density at radius 1 is 1.20 bits per heavy atom. The average Bonchev–Trinajstić information content (AvgIpc) is 3.16. The van der Waals surface area contributed by atoms with E-state index in [1.165, 1.54) is 37.1 Å². The number of hydrogen-bond acceptors (Lipinski definition) is 4. The van der Waals surface area contributed by atoms with Crippen LogP contribution >= 0.6 is 11.8 Å². The highest BCUT2D eigenvalue weighted by atomic mass is 32.2. The van der Waals surface area contributed by atoms with Crippen LogP contribution in [0.25, 0.3) is 0 Å². The SMILES string of the molecule is O=C(CSc1ccccc1F)NC[C@H](c1ccco1)N1CCCCC1. The molecule has 0 bridgehead atoms. The van der Waals surface area contributed by atoms with Gasteiger partial charge >= 0.3 is 0 Å². The van der Waals surface area contributed by atoms with Crippen molar-refractivity contribution >= 4 is 17.7 Å². The summed E-state index contributed by atoms with van der Waals surface area (Å²) >= 11 is 1.22. The Morgan fingerprint density at radius 3 is 2.72 bits per heavy atom. The van der Waals surface area contributed by atoms with Gasteiger partial charge in [0, 0.05) is 11.4 Å². The molecule has 1 atom stereocenters. The van der Waals surface area contributed by atoms with Gasteiger partial charge in [0.25, 0.3) is 0 Å². The van der Waals surface area contributed by atoms with Crippen LogP contribution in [0.2, 0.25) is 0 Å². The minimum atomic E-state index is -0.290. The number of nitrogens with one attached hydrogen (secondary N) is 1. The van der Waals surface area contributed by atoms with Gasteiger partial charge in [-0.1, -0.05) is 18.6 Å². The van der Waals surface area contributed by atoms with E-state index < -0.39 is 0 Å². The summed E-state index contributed by atoms with van der Waals surface area (Å²) in [4.78, 5) is 15.0. The first kappa shape index (κ1) is 18.0. The van der Waals surface area contributed by atoms with Crippen LogP contribution in [0.3, 0.4) is 0 Å². The Labute approximate surface area is 151 Å². The lowest BCUT2D eigenvalue weighted by atomic mass is 10.1. The first-order valence-electron chi connectivity index (χ1n) is 8.65. The number of nitrogens with zero attached hydrogens (tertiary/aromatic N) is 1. The summed E-state index contributed by atoms with van der Waals surface area (Å²) in [5.74, 6) is 0.694. The van der Waals surface area contributed by atoms with E-state index in [1.54, 1.807) is 24.5 Å².